The SMILES string of the molecule is CC(C)CCC(C)C(=O)c1ccccc1. The Balaban J connectivity index is 2.54. The predicted octanol–water partition coefficient (Wildman–Crippen LogP) is 3.94. The van der Waals surface area contributed by atoms with Crippen molar-refractivity contribution in [3.8, 4) is 0 Å². The van der Waals surface area contributed by atoms with Crippen LogP contribution in [0.15, 0.2) is 30.3 Å². The second kappa shape index (κ2) is 5.69. The van der Waals surface area contributed by atoms with E-state index in [1.807, 2.05) is 37.3 Å². The van der Waals surface area contributed by atoms with E-state index < -0.39 is 0 Å². The van der Waals surface area contributed by atoms with Gasteiger partial charge in [-0.05, 0) is 12.3 Å². The van der Waals surface area contributed by atoms with Crippen molar-refractivity contribution >= 4 is 5.78 Å². The summed E-state index contributed by atoms with van der Waals surface area (Å²) in [5, 5.41) is 0. The number of carbonyl (C=O) groups excluding carboxylic acids is 1. The number of Topliss-reactive ketones (excluding diaryl/α,β-unsaturated/α-hetero) is 1. The van der Waals surface area contributed by atoms with Gasteiger partial charge in [-0.2, -0.15) is 0 Å². The molecule has 0 aromatic heterocycles. The van der Waals surface area contributed by atoms with Gasteiger partial charge in [0.05, 0.1) is 0 Å². The van der Waals surface area contributed by atoms with Crippen molar-refractivity contribution in [2.24, 2.45) is 11.8 Å². The maximum absolute atomic E-state index is 12.0. The molecule has 0 bridgehead atoms. The van der Waals surface area contributed by atoms with Crippen LogP contribution in [0.2, 0.25) is 0 Å². The minimum atomic E-state index is 0.148. The molecule has 1 nitrogen and oxygen atoms in total. The molecule has 0 heterocycles. The highest BCUT2D eigenvalue weighted by molar-refractivity contribution is 5.97. The molecule has 0 saturated carbocycles. The van der Waals surface area contributed by atoms with Crippen molar-refractivity contribution in [1.29, 1.82) is 0 Å². The Kier molecular flexibility index (Phi) is 4.54. The van der Waals surface area contributed by atoms with Crippen molar-refractivity contribution in [1.82, 2.24) is 0 Å². The first-order valence-corrected chi connectivity index (χ1v) is 5.70. The van der Waals surface area contributed by atoms with E-state index in [0.717, 1.165) is 18.4 Å². The molecule has 15 heavy (non-hydrogen) atoms. The van der Waals surface area contributed by atoms with Crippen LogP contribution in [0.4, 0.5) is 0 Å². The van der Waals surface area contributed by atoms with E-state index in [1.165, 1.54) is 0 Å². The number of hydrogen-bond donors (Lipinski definition) is 0. The highest BCUT2D eigenvalue weighted by Crippen LogP contribution is 2.16. The van der Waals surface area contributed by atoms with Gasteiger partial charge in [0, 0.05) is 11.5 Å². The third-order valence-electron chi connectivity index (χ3n) is 2.68. The van der Waals surface area contributed by atoms with Crippen LogP contribution in [0, 0.1) is 11.8 Å². The molecular weight excluding hydrogens is 184 g/mol. The van der Waals surface area contributed by atoms with Crippen LogP contribution in [0.1, 0.15) is 44.0 Å². The van der Waals surface area contributed by atoms with Crippen LogP contribution in [-0.4, -0.2) is 5.78 Å². The molecule has 0 aliphatic heterocycles. The van der Waals surface area contributed by atoms with Crippen molar-refractivity contribution in [3.63, 3.8) is 0 Å². The third-order valence-corrected chi connectivity index (χ3v) is 2.68. The normalized spacial score (nSPS) is 12.8. The van der Waals surface area contributed by atoms with Crippen molar-refractivity contribution < 1.29 is 4.79 Å². The van der Waals surface area contributed by atoms with E-state index in [9.17, 15) is 4.79 Å². The maximum atomic E-state index is 12.0. The zero-order valence-electron chi connectivity index (χ0n) is 9.86. The third kappa shape index (κ3) is 3.86. The summed E-state index contributed by atoms with van der Waals surface area (Å²) >= 11 is 0. The molecule has 1 aromatic carbocycles. The molecule has 1 atom stereocenters. The molecule has 1 rings (SSSR count). The van der Waals surface area contributed by atoms with Gasteiger partial charge >= 0.3 is 0 Å². The van der Waals surface area contributed by atoms with Gasteiger partial charge in [0.25, 0.3) is 0 Å². The Morgan fingerprint density at radius 3 is 2.20 bits per heavy atom. The zero-order chi connectivity index (χ0) is 11.3. The number of benzene rings is 1. The standard InChI is InChI=1S/C14H20O/c1-11(2)9-10-12(3)14(15)13-7-5-4-6-8-13/h4-8,11-12H,9-10H2,1-3H3. The first kappa shape index (κ1) is 12.0. The van der Waals surface area contributed by atoms with Crippen LogP contribution in [0.5, 0.6) is 0 Å². The molecule has 0 spiro atoms. The van der Waals surface area contributed by atoms with Gasteiger partial charge in [-0.3, -0.25) is 4.79 Å². The number of hydrogen-bond acceptors (Lipinski definition) is 1. The highest BCUT2D eigenvalue weighted by atomic mass is 16.1. The van der Waals surface area contributed by atoms with Gasteiger partial charge in [-0.25, -0.2) is 0 Å². The number of rotatable bonds is 5. The topological polar surface area (TPSA) is 17.1 Å². The summed E-state index contributed by atoms with van der Waals surface area (Å²) in [5.74, 6) is 1.10. The number of carbonyl (C=O) groups is 1. The lowest BCUT2D eigenvalue weighted by Crippen LogP contribution is -2.11. The van der Waals surface area contributed by atoms with Gasteiger partial charge in [0.1, 0.15) is 0 Å². The van der Waals surface area contributed by atoms with Crippen LogP contribution in [-0.2, 0) is 0 Å². The summed E-state index contributed by atoms with van der Waals surface area (Å²) in [6, 6.07) is 9.57. The lowest BCUT2D eigenvalue weighted by atomic mass is 9.92. The van der Waals surface area contributed by atoms with Crippen molar-refractivity contribution in [2.75, 3.05) is 0 Å². The summed E-state index contributed by atoms with van der Waals surface area (Å²) in [5.41, 5.74) is 0.841. The largest absolute Gasteiger partial charge is 0.294 e. The second-order valence-electron chi connectivity index (χ2n) is 4.60. The average molecular weight is 204 g/mol. The Morgan fingerprint density at radius 1 is 1.07 bits per heavy atom. The predicted molar refractivity (Wildman–Crippen MR) is 64.0 cm³/mol. The van der Waals surface area contributed by atoms with Gasteiger partial charge < -0.3 is 0 Å². The molecule has 0 N–H and O–H groups in total. The first-order chi connectivity index (χ1) is 7.11. The molecule has 0 radical (unpaired) electrons. The first-order valence-electron chi connectivity index (χ1n) is 5.70. The molecule has 82 valence electrons. The van der Waals surface area contributed by atoms with E-state index in [0.29, 0.717) is 5.92 Å². The molecular formula is C14H20O. The van der Waals surface area contributed by atoms with Crippen molar-refractivity contribution in [2.45, 2.75) is 33.6 Å². The Labute approximate surface area is 92.5 Å². The fourth-order valence-corrected chi connectivity index (χ4v) is 1.60. The zero-order valence-corrected chi connectivity index (χ0v) is 9.86. The van der Waals surface area contributed by atoms with E-state index >= 15 is 0 Å². The van der Waals surface area contributed by atoms with E-state index in [4.69, 9.17) is 0 Å². The van der Waals surface area contributed by atoms with Crippen LogP contribution >= 0.6 is 0 Å². The summed E-state index contributed by atoms with van der Waals surface area (Å²) in [4.78, 5) is 12.0. The molecule has 0 fully saturated rings. The average Bonchev–Trinajstić information content (AvgIpc) is 2.26. The van der Waals surface area contributed by atoms with E-state index in [1.54, 1.807) is 0 Å². The van der Waals surface area contributed by atoms with Crippen molar-refractivity contribution in [3.05, 3.63) is 35.9 Å². The molecule has 0 saturated heterocycles. The fourth-order valence-electron chi connectivity index (χ4n) is 1.60. The van der Waals surface area contributed by atoms with Crippen LogP contribution < -0.4 is 0 Å². The Hall–Kier alpha value is -1.11. The monoisotopic (exact) mass is 204 g/mol. The van der Waals surface area contributed by atoms with Gasteiger partial charge in [0.2, 0.25) is 0 Å². The van der Waals surface area contributed by atoms with E-state index in [2.05, 4.69) is 13.8 Å². The molecule has 1 unspecified atom stereocenters. The lowest BCUT2D eigenvalue weighted by Gasteiger charge is -2.11. The quantitative estimate of drug-likeness (QED) is 0.664. The minimum absolute atomic E-state index is 0.148. The fraction of sp³-hybridized carbons (Fsp3) is 0.500. The Bertz CT molecular complexity index is 300. The summed E-state index contributed by atoms with van der Waals surface area (Å²) in [6.45, 7) is 6.41. The second-order valence-corrected chi connectivity index (χ2v) is 4.60. The molecule has 0 aliphatic rings. The smallest absolute Gasteiger partial charge is 0.165 e. The minimum Gasteiger partial charge on any atom is -0.294 e. The Morgan fingerprint density at radius 2 is 1.67 bits per heavy atom. The van der Waals surface area contributed by atoms with E-state index in [-0.39, 0.29) is 11.7 Å². The summed E-state index contributed by atoms with van der Waals surface area (Å²) < 4.78 is 0. The van der Waals surface area contributed by atoms with Crippen LogP contribution in [0.25, 0.3) is 0 Å². The maximum Gasteiger partial charge on any atom is 0.165 e. The van der Waals surface area contributed by atoms with Crippen LogP contribution in [0.3, 0.4) is 0 Å². The summed E-state index contributed by atoms with van der Waals surface area (Å²) in [7, 11) is 0. The number of ketones is 1. The van der Waals surface area contributed by atoms with Gasteiger partial charge in [-0.1, -0.05) is 57.5 Å². The lowest BCUT2D eigenvalue weighted by molar-refractivity contribution is 0.0920. The molecule has 1 aromatic rings. The van der Waals surface area contributed by atoms with Gasteiger partial charge in [0.15, 0.2) is 5.78 Å². The molecule has 0 aliphatic carbocycles. The van der Waals surface area contributed by atoms with Gasteiger partial charge in [-0.15, -0.1) is 0 Å². The molecule has 0 amide bonds. The summed E-state index contributed by atoms with van der Waals surface area (Å²) in [6.07, 6.45) is 2.12. The highest BCUT2D eigenvalue weighted by Gasteiger charge is 2.14. The molecule has 1 heteroatoms.